The second-order valence-corrected chi connectivity index (χ2v) is 6.77. The molecule has 3 rings (SSSR count). The van der Waals surface area contributed by atoms with Crippen molar-refractivity contribution in [1.82, 2.24) is 9.88 Å². The van der Waals surface area contributed by atoms with Crippen LogP contribution in [-0.4, -0.2) is 48.8 Å². The van der Waals surface area contributed by atoms with Gasteiger partial charge in [0.1, 0.15) is 11.6 Å². The van der Waals surface area contributed by atoms with Crippen molar-refractivity contribution in [3.63, 3.8) is 0 Å². The predicted octanol–water partition coefficient (Wildman–Crippen LogP) is 2.96. The number of hydrogen-bond donors (Lipinski definition) is 0. The molecule has 0 N–H and O–H groups in total. The summed E-state index contributed by atoms with van der Waals surface area (Å²) in [5, 5.41) is 2.97. The molecule has 1 saturated heterocycles. The van der Waals surface area contributed by atoms with E-state index in [0.717, 1.165) is 35.7 Å². The molecule has 1 amide bonds. The van der Waals surface area contributed by atoms with Crippen molar-refractivity contribution < 1.29 is 14.3 Å². The first-order valence-electron chi connectivity index (χ1n) is 8.15. The Hall–Kier alpha value is -1.76. The van der Waals surface area contributed by atoms with Gasteiger partial charge >= 0.3 is 0 Å². The van der Waals surface area contributed by atoms with Crippen LogP contribution in [0.2, 0.25) is 0 Å². The maximum Gasteiger partial charge on any atom is 0.248 e. The third kappa shape index (κ3) is 4.63. The number of ether oxygens (including phenoxy) is 2. The highest BCUT2D eigenvalue weighted by Gasteiger charge is 2.17. The summed E-state index contributed by atoms with van der Waals surface area (Å²) in [6, 6.07) is 10.1. The number of likely N-dealkylation sites (N-methyl/N-ethyl adjacent to an activating group) is 1. The minimum Gasteiger partial charge on any atom is -0.376 e. The van der Waals surface area contributed by atoms with Crippen LogP contribution in [0.4, 0.5) is 0 Å². The monoisotopic (exact) mass is 346 g/mol. The normalized spacial score (nSPS) is 17.1. The van der Waals surface area contributed by atoms with Crippen molar-refractivity contribution in [2.75, 3.05) is 26.9 Å². The molecule has 2 aromatic rings. The van der Waals surface area contributed by atoms with Gasteiger partial charge in [-0.2, -0.15) is 0 Å². The van der Waals surface area contributed by atoms with Gasteiger partial charge in [-0.15, -0.1) is 11.3 Å². The van der Waals surface area contributed by atoms with Crippen LogP contribution < -0.4 is 0 Å². The Morgan fingerprint density at radius 3 is 3.00 bits per heavy atom. The Kier molecular flexibility index (Phi) is 5.96. The minimum atomic E-state index is -0.0396. The fraction of sp³-hybridized carbons (Fsp3) is 0.444. The molecule has 0 bridgehead atoms. The summed E-state index contributed by atoms with van der Waals surface area (Å²) in [6.45, 7) is 1.88. The van der Waals surface area contributed by atoms with Gasteiger partial charge in [0, 0.05) is 24.6 Å². The van der Waals surface area contributed by atoms with E-state index in [2.05, 4.69) is 4.98 Å². The Morgan fingerprint density at radius 1 is 1.42 bits per heavy atom. The maximum atomic E-state index is 12.1. The Morgan fingerprint density at radius 2 is 2.25 bits per heavy atom. The molecule has 1 aromatic carbocycles. The van der Waals surface area contributed by atoms with Crippen LogP contribution in [0, 0.1) is 0 Å². The van der Waals surface area contributed by atoms with Gasteiger partial charge in [-0.3, -0.25) is 4.79 Å². The van der Waals surface area contributed by atoms with Crippen LogP contribution in [0.25, 0.3) is 10.6 Å². The van der Waals surface area contributed by atoms with E-state index in [-0.39, 0.29) is 18.6 Å². The molecule has 0 spiro atoms. The third-order valence-electron chi connectivity index (χ3n) is 3.95. The van der Waals surface area contributed by atoms with E-state index in [9.17, 15) is 4.79 Å². The first kappa shape index (κ1) is 17.1. The zero-order valence-corrected chi connectivity index (χ0v) is 14.6. The Labute approximate surface area is 146 Å². The number of carbonyl (C=O) groups excluding carboxylic acids is 1. The number of rotatable bonds is 7. The Bertz CT molecular complexity index is 653. The first-order chi connectivity index (χ1) is 11.7. The van der Waals surface area contributed by atoms with Crippen molar-refractivity contribution in [1.29, 1.82) is 0 Å². The molecule has 6 heteroatoms. The number of nitrogens with zero attached hydrogens (tertiary/aromatic N) is 2. The molecule has 0 aliphatic carbocycles. The summed E-state index contributed by atoms with van der Waals surface area (Å²) in [7, 11) is 1.78. The number of hydrogen-bond acceptors (Lipinski definition) is 5. The zero-order valence-electron chi connectivity index (χ0n) is 13.8. The third-order valence-corrected chi connectivity index (χ3v) is 4.89. The van der Waals surface area contributed by atoms with Gasteiger partial charge < -0.3 is 14.4 Å². The summed E-state index contributed by atoms with van der Waals surface area (Å²) >= 11 is 1.59. The van der Waals surface area contributed by atoms with Crippen LogP contribution in [-0.2, 0) is 20.8 Å². The van der Waals surface area contributed by atoms with Crippen molar-refractivity contribution in [3.05, 3.63) is 41.4 Å². The largest absolute Gasteiger partial charge is 0.376 e. The van der Waals surface area contributed by atoms with Crippen molar-refractivity contribution in [2.24, 2.45) is 0 Å². The molecule has 1 aromatic heterocycles. The van der Waals surface area contributed by atoms with E-state index in [4.69, 9.17) is 9.47 Å². The molecule has 2 heterocycles. The number of aromatic nitrogens is 1. The van der Waals surface area contributed by atoms with E-state index in [1.54, 1.807) is 23.3 Å². The van der Waals surface area contributed by atoms with Gasteiger partial charge in [-0.25, -0.2) is 4.98 Å². The summed E-state index contributed by atoms with van der Waals surface area (Å²) < 4.78 is 11.0. The predicted molar refractivity (Wildman–Crippen MR) is 93.8 cm³/mol. The lowest BCUT2D eigenvalue weighted by Gasteiger charge is -2.17. The van der Waals surface area contributed by atoms with Crippen molar-refractivity contribution in [2.45, 2.75) is 25.5 Å². The van der Waals surface area contributed by atoms with Gasteiger partial charge in [-0.05, 0) is 12.8 Å². The van der Waals surface area contributed by atoms with Crippen LogP contribution >= 0.6 is 11.3 Å². The molecule has 128 valence electrons. The zero-order chi connectivity index (χ0) is 16.8. The molecule has 1 aliphatic rings. The molecule has 24 heavy (non-hydrogen) atoms. The van der Waals surface area contributed by atoms with E-state index in [0.29, 0.717) is 13.2 Å². The Balaban J connectivity index is 1.46. The summed E-state index contributed by atoms with van der Waals surface area (Å²) in [5.41, 5.74) is 2.00. The maximum absolute atomic E-state index is 12.1. The molecule has 0 unspecified atom stereocenters. The number of amides is 1. The van der Waals surface area contributed by atoms with E-state index >= 15 is 0 Å². The SMILES string of the molecule is CN(Cc1csc(-c2ccccc2)n1)C(=O)COC[C@@H]1CCCO1. The van der Waals surface area contributed by atoms with E-state index in [1.807, 2.05) is 35.7 Å². The highest BCUT2D eigenvalue weighted by molar-refractivity contribution is 7.13. The molecule has 1 atom stereocenters. The molecular formula is C18H22N2O3S. The number of thiazole rings is 1. The lowest BCUT2D eigenvalue weighted by atomic mass is 10.2. The highest BCUT2D eigenvalue weighted by Crippen LogP contribution is 2.23. The highest BCUT2D eigenvalue weighted by atomic mass is 32.1. The quantitative estimate of drug-likeness (QED) is 0.773. The second-order valence-electron chi connectivity index (χ2n) is 5.91. The van der Waals surface area contributed by atoms with Gasteiger partial charge in [0.15, 0.2) is 0 Å². The fourth-order valence-electron chi connectivity index (χ4n) is 2.59. The molecular weight excluding hydrogens is 324 g/mol. The molecule has 1 fully saturated rings. The summed E-state index contributed by atoms with van der Waals surface area (Å²) in [6.07, 6.45) is 2.25. The van der Waals surface area contributed by atoms with Crippen molar-refractivity contribution >= 4 is 17.2 Å². The standard InChI is InChI=1S/C18H22N2O3S/c1-20(17(21)12-22-11-16-8-5-9-23-16)10-15-13-24-18(19-15)14-6-3-2-4-7-14/h2-4,6-7,13,16H,5,8-12H2,1H3/t16-/m0/s1. The van der Waals surface area contributed by atoms with Crippen LogP contribution in [0.1, 0.15) is 18.5 Å². The van der Waals surface area contributed by atoms with E-state index < -0.39 is 0 Å². The lowest BCUT2D eigenvalue weighted by molar-refractivity contribution is -0.136. The molecule has 1 aliphatic heterocycles. The van der Waals surface area contributed by atoms with Gasteiger partial charge in [0.25, 0.3) is 0 Å². The number of carbonyl (C=O) groups is 1. The molecule has 0 saturated carbocycles. The number of benzene rings is 1. The minimum absolute atomic E-state index is 0.0396. The van der Waals surface area contributed by atoms with Crippen LogP contribution in [0.3, 0.4) is 0 Å². The average molecular weight is 346 g/mol. The van der Waals surface area contributed by atoms with Gasteiger partial charge in [0.05, 0.1) is 24.9 Å². The van der Waals surface area contributed by atoms with Crippen LogP contribution in [0.5, 0.6) is 0 Å². The summed E-state index contributed by atoms with van der Waals surface area (Å²) in [4.78, 5) is 18.4. The molecule has 5 nitrogen and oxygen atoms in total. The van der Waals surface area contributed by atoms with Gasteiger partial charge in [-0.1, -0.05) is 30.3 Å². The average Bonchev–Trinajstić information content (AvgIpc) is 3.27. The second kappa shape index (κ2) is 8.37. The smallest absolute Gasteiger partial charge is 0.248 e. The summed E-state index contributed by atoms with van der Waals surface area (Å²) in [5.74, 6) is -0.0396. The van der Waals surface area contributed by atoms with Crippen LogP contribution in [0.15, 0.2) is 35.7 Å². The van der Waals surface area contributed by atoms with Gasteiger partial charge in [0.2, 0.25) is 5.91 Å². The molecule has 0 radical (unpaired) electrons. The van der Waals surface area contributed by atoms with E-state index in [1.165, 1.54) is 0 Å². The fourth-order valence-corrected chi connectivity index (χ4v) is 3.40. The topological polar surface area (TPSA) is 51.7 Å². The first-order valence-corrected chi connectivity index (χ1v) is 9.03. The van der Waals surface area contributed by atoms with Crippen molar-refractivity contribution in [3.8, 4) is 10.6 Å². The lowest BCUT2D eigenvalue weighted by Crippen LogP contribution is -2.31.